The lowest BCUT2D eigenvalue weighted by atomic mass is 10.9. The summed E-state index contributed by atoms with van der Waals surface area (Å²) in [6.07, 6.45) is 0.234. The molecule has 0 amide bonds. The van der Waals surface area contributed by atoms with Crippen molar-refractivity contribution in [1.82, 2.24) is 0 Å². The Balaban J connectivity index is -0.000000105. The topological polar surface area (TPSA) is 98.0 Å². The first kappa shape index (κ1) is 16.8. The number of alkyl halides is 3. The maximum Gasteiger partial charge on any atom is 0.245 e. The molecule has 0 saturated heterocycles. The van der Waals surface area contributed by atoms with Crippen LogP contribution in [0.5, 0.6) is 0 Å². The Hall–Kier alpha value is 0.380. The van der Waals surface area contributed by atoms with Crippen molar-refractivity contribution in [2.45, 2.75) is 3.79 Å². The highest BCUT2D eigenvalue weighted by Gasteiger charge is 2.16. The molecule has 4 N–H and O–H groups in total. The van der Waals surface area contributed by atoms with Gasteiger partial charge in [0.25, 0.3) is 0 Å². The van der Waals surface area contributed by atoms with E-state index >= 15 is 0 Å². The Labute approximate surface area is 71.2 Å². The van der Waals surface area contributed by atoms with Gasteiger partial charge in [0.2, 0.25) is 3.79 Å². The Morgan fingerprint density at radius 2 is 1.10 bits per heavy atom. The van der Waals surface area contributed by atoms with Crippen molar-refractivity contribution in [3.8, 4) is 0 Å². The Morgan fingerprint density at radius 3 is 1.10 bits per heavy atom. The predicted molar refractivity (Wildman–Crippen MR) is 36.9 cm³/mol. The minimum atomic E-state index is -1.72. The summed E-state index contributed by atoms with van der Waals surface area (Å²) >= 11 is 14.6. The number of carbonyl (C=O) groups is 1. The summed E-state index contributed by atoms with van der Waals surface area (Å²) in [5.41, 5.74) is 0. The van der Waals surface area contributed by atoms with E-state index in [1.54, 1.807) is 0 Å². The van der Waals surface area contributed by atoms with Gasteiger partial charge in [0, 0.05) is 0 Å². The van der Waals surface area contributed by atoms with E-state index in [9.17, 15) is 4.79 Å². The van der Waals surface area contributed by atoms with Gasteiger partial charge >= 0.3 is 0 Å². The second-order valence-corrected chi connectivity index (χ2v) is 3.03. The standard InChI is InChI=1S/C2HCl3O.2H2O2/c3-2(4,5)1-6;2*1-2/h1H;2*1-2H. The van der Waals surface area contributed by atoms with E-state index in [4.69, 9.17) is 55.8 Å². The Morgan fingerprint density at radius 1 is 1.00 bits per heavy atom. The fourth-order valence-corrected chi connectivity index (χ4v) is 0. The van der Waals surface area contributed by atoms with Crippen molar-refractivity contribution in [2.75, 3.05) is 0 Å². The molecule has 8 heteroatoms. The van der Waals surface area contributed by atoms with Gasteiger partial charge in [-0.15, -0.1) is 0 Å². The summed E-state index contributed by atoms with van der Waals surface area (Å²) in [4.78, 5) is 9.43. The number of hydrogen-bond acceptors (Lipinski definition) is 5. The van der Waals surface area contributed by atoms with Crippen LogP contribution in [0, 0.1) is 0 Å². The van der Waals surface area contributed by atoms with Crippen LogP contribution in [0.25, 0.3) is 0 Å². The quantitative estimate of drug-likeness (QED) is 0.213. The molecule has 0 aromatic carbocycles. The number of carbonyl (C=O) groups excluding carboxylic acids is 1. The van der Waals surface area contributed by atoms with Gasteiger partial charge in [0.05, 0.1) is 0 Å². The number of halogens is 3. The molecule has 10 heavy (non-hydrogen) atoms. The van der Waals surface area contributed by atoms with Gasteiger partial charge in [0.1, 0.15) is 0 Å². The summed E-state index contributed by atoms with van der Waals surface area (Å²) in [6.45, 7) is 0. The molecule has 0 aromatic rings. The van der Waals surface area contributed by atoms with Gasteiger partial charge in [-0.3, -0.25) is 25.8 Å². The van der Waals surface area contributed by atoms with Crippen molar-refractivity contribution in [3.05, 3.63) is 0 Å². The van der Waals surface area contributed by atoms with E-state index < -0.39 is 3.79 Å². The second-order valence-electron chi connectivity index (χ2n) is 0.659. The van der Waals surface area contributed by atoms with Gasteiger partial charge in [0.15, 0.2) is 6.29 Å². The zero-order valence-electron chi connectivity index (χ0n) is 4.41. The maximum atomic E-state index is 9.43. The second kappa shape index (κ2) is 12.1. The molecule has 0 spiro atoms. The van der Waals surface area contributed by atoms with E-state index in [-0.39, 0.29) is 6.29 Å². The first-order chi connectivity index (χ1) is 4.56. The minimum Gasteiger partial charge on any atom is -0.299 e. The average Bonchev–Trinajstić information content (AvgIpc) is 1.95. The lowest BCUT2D eigenvalue weighted by Gasteiger charge is -1.93. The van der Waals surface area contributed by atoms with Crippen molar-refractivity contribution >= 4 is 41.1 Å². The SMILES string of the molecule is O=CC(Cl)(Cl)Cl.OO.OO. The molecule has 0 saturated carbocycles. The third-order valence-electron chi connectivity index (χ3n) is 0.134. The summed E-state index contributed by atoms with van der Waals surface area (Å²) in [6, 6.07) is 0. The third-order valence-corrected chi connectivity index (χ3v) is 0.401. The zero-order valence-corrected chi connectivity index (χ0v) is 6.68. The first-order valence-corrected chi connectivity index (χ1v) is 2.63. The number of aldehydes is 1. The van der Waals surface area contributed by atoms with Gasteiger partial charge in [-0.05, 0) is 0 Å². The normalized spacial score (nSPS) is 7.90. The number of hydrogen-bond donors (Lipinski definition) is 4. The van der Waals surface area contributed by atoms with E-state index in [1.807, 2.05) is 0 Å². The van der Waals surface area contributed by atoms with Crippen LogP contribution in [0.2, 0.25) is 0 Å². The molecule has 0 aliphatic rings. The predicted octanol–water partition coefficient (Wildman–Crippen LogP) is 1.59. The highest BCUT2D eigenvalue weighted by molar-refractivity contribution is 6.74. The fraction of sp³-hybridized carbons (Fsp3) is 0.500. The van der Waals surface area contributed by atoms with Crippen LogP contribution < -0.4 is 0 Å². The third kappa shape index (κ3) is 40.0. The van der Waals surface area contributed by atoms with Crippen LogP contribution in [-0.4, -0.2) is 31.1 Å². The fourth-order valence-electron chi connectivity index (χ4n) is 0. The van der Waals surface area contributed by atoms with Crippen LogP contribution >= 0.6 is 34.8 Å². The summed E-state index contributed by atoms with van der Waals surface area (Å²) in [5.74, 6) is 0. The van der Waals surface area contributed by atoms with Crippen LogP contribution in [0.15, 0.2) is 0 Å². The molecular weight excluding hydrogens is 210 g/mol. The molecule has 0 unspecified atom stereocenters. The van der Waals surface area contributed by atoms with E-state index in [0.29, 0.717) is 0 Å². The monoisotopic (exact) mass is 214 g/mol. The van der Waals surface area contributed by atoms with Crippen molar-refractivity contribution in [2.24, 2.45) is 0 Å². The lowest BCUT2D eigenvalue weighted by molar-refractivity contribution is -0.176. The van der Waals surface area contributed by atoms with Gasteiger partial charge in [-0.25, -0.2) is 0 Å². The molecule has 0 aromatic heterocycles. The Kier molecular flexibility index (Phi) is 20.3. The highest BCUT2D eigenvalue weighted by atomic mass is 35.6. The van der Waals surface area contributed by atoms with Gasteiger partial charge in [-0.1, -0.05) is 34.8 Å². The lowest BCUT2D eigenvalue weighted by Crippen LogP contribution is -2.00. The smallest absolute Gasteiger partial charge is 0.245 e. The summed E-state index contributed by atoms with van der Waals surface area (Å²) in [5, 5.41) is 24.0. The molecule has 0 rings (SSSR count). The van der Waals surface area contributed by atoms with E-state index in [0.717, 1.165) is 0 Å². The van der Waals surface area contributed by atoms with E-state index in [1.165, 1.54) is 0 Å². The molecule has 5 nitrogen and oxygen atoms in total. The molecule has 0 fully saturated rings. The molecule has 0 aliphatic carbocycles. The van der Waals surface area contributed by atoms with Crippen molar-refractivity contribution < 1.29 is 25.8 Å². The molecule has 0 bridgehead atoms. The molecule has 0 atom stereocenters. The van der Waals surface area contributed by atoms with Gasteiger partial charge in [-0.2, -0.15) is 0 Å². The van der Waals surface area contributed by atoms with Crippen LogP contribution in [0.1, 0.15) is 0 Å². The average molecular weight is 215 g/mol. The van der Waals surface area contributed by atoms with Crippen molar-refractivity contribution in [1.29, 1.82) is 0 Å². The molecular formula is C2H5Cl3O5. The summed E-state index contributed by atoms with van der Waals surface area (Å²) in [7, 11) is 0. The van der Waals surface area contributed by atoms with Crippen molar-refractivity contribution in [3.63, 3.8) is 0 Å². The Bertz CT molecular complexity index is 60.4. The zero-order chi connectivity index (χ0) is 9.21. The molecule has 64 valence electrons. The van der Waals surface area contributed by atoms with Crippen LogP contribution in [0.4, 0.5) is 0 Å². The highest BCUT2D eigenvalue weighted by Crippen LogP contribution is 2.21. The minimum absolute atomic E-state index is 0.234. The maximum absolute atomic E-state index is 9.43. The molecule has 0 heterocycles. The van der Waals surface area contributed by atoms with Gasteiger partial charge < -0.3 is 0 Å². The van der Waals surface area contributed by atoms with E-state index in [2.05, 4.69) is 0 Å². The first-order valence-electron chi connectivity index (χ1n) is 1.49. The van der Waals surface area contributed by atoms with Crippen LogP contribution in [0.3, 0.4) is 0 Å². The number of rotatable bonds is 0. The van der Waals surface area contributed by atoms with Crippen LogP contribution in [-0.2, 0) is 4.79 Å². The summed E-state index contributed by atoms with van der Waals surface area (Å²) < 4.78 is -1.72. The molecule has 0 radical (unpaired) electrons. The molecule has 0 aliphatic heterocycles. The largest absolute Gasteiger partial charge is 0.299 e.